The largest absolute Gasteiger partial charge is 0.481 e. The Kier molecular flexibility index (Phi) is 4.10. The minimum Gasteiger partial charge on any atom is -0.481 e. The first kappa shape index (κ1) is 15.2. The molecule has 7 nitrogen and oxygen atoms in total. The Balaban J connectivity index is 1.84. The molecule has 1 N–H and O–H groups in total. The Morgan fingerprint density at radius 2 is 2.13 bits per heavy atom. The van der Waals surface area contributed by atoms with E-state index in [4.69, 9.17) is 0 Å². The van der Waals surface area contributed by atoms with Crippen molar-refractivity contribution in [3.05, 3.63) is 42.6 Å². The molecule has 3 rings (SSSR count). The number of hydrogen-bond acceptors (Lipinski definition) is 4. The number of carbonyl (C=O) groups is 2. The second-order valence-corrected chi connectivity index (χ2v) is 5.79. The van der Waals surface area contributed by atoms with E-state index in [9.17, 15) is 14.7 Å². The lowest BCUT2D eigenvalue weighted by Crippen LogP contribution is -2.47. The fourth-order valence-corrected chi connectivity index (χ4v) is 2.84. The van der Waals surface area contributed by atoms with Crippen LogP contribution in [0.4, 0.5) is 0 Å². The number of piperidine rings is 1. The molecule has 3 heterocycles. The molecule has 0 radical (unpaired) electrons. The van der Waals surface area contributed by atoms with E-state index in [-0.39, 0.29) is 18.5 Å². The maximum atomic E-state index is 12.8. The van der Waals surface area contributed by atoms with E-state index < -0.39 is 11.9 Å². The van der Waals surface area contributed by atoms with Gasteiger partial charge in [0.05, 0.1) is 5.92 Å². The third-order valence-electron chi connectivity index (χ3n) is 4.25. The van der Waals surface area contributed by atoms with Gasteiger partial charge in [-0.15, -0.1) is 0 Å². The van der Waals surface area contributed by atoms with Gasteiger partial charge in [-0.3, -0.25) is 14.2 Å². The monoisotopic (exact) mass is 314 g/mol. The summed E-state index contributed by atoms with van der Waals surface area (Å²) in [6.07, 6.45) is 7.88. The summed E-state index contributed by atoms with van der Waals surface area (Å²) >= 11 is 0. The highest BCUT2D eigenvalue weighted by Gasteiger charge is 2.33. The van der Waals surface area contributed by atoms with Crippen LogP contribution in [-0.4, -0.2) is 49.0 Å². The zero-order chi connectivity index (χ0) is 16.4. The highest BCUT2D eigenvalue weighted by molar-refractivity contribution is 5.95. The van der Waals surface area contributed by atoms with Gasteiger partial charge in [-0.2, -0.15) is 0 Å². The van der Waals surface area contributed by atoms with Gasteiger partial charge in [0.2, 0.25) is 0 Å². The summed E-state index contributed by atoms with van der Waals surface area (Å²) in [5.41, 5.74) is 0.501. The second kappa shape index (κ2) is 6.20. The summed E-state index contributed by atoms with van der Waals surface area (Å²) in [5, 5.41) is 9.21. The fourth-order valence-electron chi connectivity index (χ4n) is 2.84. The van der Waals surface area contributed by atoms with Crippen LogP contribution in [0, 0.1) is 5.92 Å². The molecule has 1 aliphatic heterocycles. The number of pyridine rings is 1. The summed E-state index contributed by atoms with van der Waals surface area (Å²) in [4.78, 5) is 33.8. The number of aliphatic carboxylic acids is 1. The number of aromatic nitrogens is 3. The standard InChI is InChI=1S/C16H18N4O3/c1-11-2-3-13(16(22)23)9-20(11)15(21)12-4-5-18-14(8-12)19-7-6-17-10-19/h4-8,10-11,13H,2-3,9H2,1H3,(H,22,23). The first-order valence-corrected chi connectivity index (χ1v) is 7.54. The maximum absolute atomic E-state index is 12.8. The molecule has 2 aromatic heterocycles. The summed E-state index contributed by atoms with van der Waals surface area (Å²) in [6, 6.07) is 3.38. The van der Waals surface area contributed by atoms with Gasteiger partial charge in [0, 0.05) is 36.7 Å². The topological polar surface area (TPSA) is 88.3 Å². The van der Waals surface area contributed by atoms with Gasteiger partial charge >= 0.3 is 5.97 Å². The Bertz CT molecular complexity index is 714. The molecule has 0 aliphatic carbocycles. The second-order valence-electron chi connectivity index (χ2n) is 5.79. The Morgan fingerprint density at radius 3 is 2.83 bits per heavy atom. The normalized spacial score (nSPS) is 21.2. The van der Waals surface area contributed by atoms with Gasteiger partial charge in [-0.05, 0) is 31.9 Å². The third kappa shape index (κ3) is 3.08. The number of imidazole rings is 1. The van der Waals surface area contributed by atoms with E-state index in [1.165, 1.54) is 0 Å². The van der Waals surface area contributed by atoms with E-state index in [0.29, 0.717) is 24.2 Å². The van der Waals surface area contributed by atoms with Gasteiger partial charge in [0.25, 0.3) is 5.91 Å². The molecule has 1 fully saturated rings. The van der Waals surface area contributed by atoms with E-state index >= 15 is 0 Å². The van der Waals surface area contributed by atoms with E-state index in [1.807, 2.05) is 6.92 Å². The predicted octanol–water partition coefficient (Wildman–Crippen LogP) is 1.59. The lowest BCUT2D eigenvalue weighted by atomic mass is 9.93. The van der Waals surface area contributed by atoms with E-state index in [1.54, 1.807) is 46.5 Å². The van der Waals surface area contributed by atoms with Gasteiger partial charge in [-0.25, -0.2) is 9.97 Å². The Labute approximate surface area is 133 Å². The molecule has 2 atom stereocenters. The van der Waals surface area contributed by atoms with Crippen LogP contribution in [0.2, 0.25) is 0 Å². The average Bonchev–Trinajstić information content (AvgIpc) is 3.09. The van der Waals surface area contributed by atoms with Gasteiger partial charge in [0.15, 0.2) is 0 Å². The van der Waals surface area contributed by atoms with E-state index in [0.717, 1.165) is 0 Å². The summed E-state index contributed by atoms with van der Waals surface area (Å²) in [6.45, 7) is 2.20. The van der Waals surface area contributed by atoms with Crippen LogP contribution in [-0.2, 0) is 4.79 Å². The number of amides is 1. The molecule has 7 heteroatoms. The van der Waals surface area contributed by atoms with Crippen LogP contribution >= 0.6 is 0 Å². The minimum atomic E-state index is -0.844. The van der Waals surface area contributed by atoms with Crippen LogP contribution in [0.25, 0.3) is 5.82 Å². The Morgan fingerprint density at radius 1 is 1.30 bits per heavy atom. The molecule has 2 aromatic rings. The van der Waals surface area contributed by atoms with Crippen molar-refractivity contribution < 1.29 is 14.7 Å². The minimum absolute atomic E-state index is 0.0305. The quantitative estimate of drug-likeness (QED) is 0.929. The number of rotatable bonds is 3. The van der Waals surface area contributed by atoms with Crippen molar-refractivity contribution in [2.45, 2.75) is 25.8 Å². The number of likely N-dealkylation sites (tertiary alicyclic amines) is 1. The number of carbonyl (C=O) groups excluding carboxylic acids is 1. The van der Waals surface area contributed by atoms with Crippen molar-refractivity contribution in [1.29, 1.82) is 0 Å². The molecular formula is C16H18N4O3. The van der Waals surface area contributed by atoms with Gasteiger partial charge in [0.1, 0.15) is 12.1 Å². The smallest absolute Gasteiger partial charge is 0.308 e. The molecule has 23 heavy (non-hydrogen) atoms. The molecule has 120 valence electrons. The fraction of sp³-hybridized carbons (Fsp3) is 0.375. The molecule has 0 bridgehead atoms. The number of carboxylic acids is 1. The van der Waals surface area contributed by atoms with Crippen LogP contribution in [0.15, 0.2) is 37.1 Å². The SMILES string of the molecule is CC1CCC(C(=O)O)CN1C(=O)c1ccnc(-n2ccnc2)c1. The first-order chi connectivity index (χ1) is 11.1. The van der Waals surface area contributed by atoms with Crippen molar-refractivity contribution in [3.63, 3.8) is 0 Å². The van der Waals surface area contributed by atoms with Crippen LogP contribution in [0.5, 0.6) is 0 Å². The molecule has 2 unspecified atom stereocenters. The third-order valence-corrected chi connectivity index (χ3v) is 4.25. The van der Waals surface area contributed by atoms with Crippen LogP contribution in [0.3, 0.4) is 0 Å². The zero-order valence-corrected chi connectivity index (χ0v) is 12.8. The van der Waals surface area contributed by atoms with Crippen molar-refractivity contribution in [1.82, 2.24) is 19.4 Å². The molecule has 1 aliphatic rings. The molecule has 1 amide bonds. The predicted molar refractivity (Wildman–Crippen MR) is 82.2 cm³/mol. The highest BCUT2D eigenvalue weighted by atomic mass is 16.4. The average molecular weight is 314 g/mol. The summed E-state index contributed by atoms with van der Waals surface area (Å²) in [5.74, 6) is -0.895. The summed E-state index contributed by atoms with van der Waals surface area (Å²) in [7, 11) is 0. The van der Waals surface area contributed by atoms with Crippen molar-refractivity contribution in [3.8, 4) is 5.82 Å². The molecular weight excluding hydrogens is 296 g/mol. The molecule has 1 saturated heterocycles. The zero-order valence-electron chi connectivity index (χ0n) is 12.8. The van der Waals surface area contributed by atoms with Gasteiger partial charge in [-0.1, -0.05) is 0 Å². The number of hydrogen-bond donors (Lipinski definition) is 1. The van der Waals surface area contributed by atoms with Crippen molar-refractivity contribution in [2.75, 3.05) is 6.54 Å². The molecule has 0 saturated carbocycles. The lowest BCUT2D eigenvalue weighted by molar-refractivity contribution is -0.143. The molecule has 0 aromatic carbocycles. The highest BCUT2D eigenvalue weighted by Crippen LogP contribution is 2.24. The van der Waals surface area contributed by atoms with Gasteiger partial charge < -0.3 is 10.0 Å². The van der Waals surface area contributed by atoms with Crippen LogP contribution in [0.1, 0.15) is 30.1 Å². The van der Waals surface area contributed by atoms with Crippen molar-refractivity contribution >= 4 is 11.9 Å². The summed E-state index contributed by atoms with van der Waals surface area (Å²) < 4.78 is 1.72. The number of carboxylic acid groups (broad SMARTS) is 1. The Hall–Kier alpha value is -2.70. The maximum Gasteiger partial charge on any atom is 0.308 e. The number of nitrogens with zero attached hydrogens (tertiary/aromatic N) is 4. The first-order valence-electron chi connectivity index (χ1n) is 7.54. The lowest BCUT2D eigenvalue weighted by Gasteiger charge is -2.36. The molecule has 0 spiro atoms. The van der Waals surface area contributed by atoms with E-state index in [2.05, 4.69) is 9.97 Å². The van der Waals surface area contributed by atoms with Crippen LogP contribution < -0.4 is 0 Å². The van der Waals surface area contributed by atoms with Crippen molar-refractivity contribution in [2.24, 2.45) is 5.92 Å².